The summed E-state index contributed by atoms with van der Waals surface area (Å²) in [6, 6.07) is 9.24. The van der Waals surface area contributed by atoms with Crippen molar-refractivity contribution in [3.05, 3.63) is 70.4 Å². The van der Waals surface area contributed by atoms with Gasteiger partial charge in [0.05, 0.1) is 0 Å². The Kier molecular flexibility index (Phi) is 3.69. The summed E-state index contributed by atoms with van der Waals surface area (Å²) < 4.78 is 40.8. The second kappa shape index (κ2) is 5.50. The zero-order valence-electron chi connectivity index (χ0n) is 10.9. The lowest BCUT2D eigenvalue weighted by atomic mass is 10.0. The number of hydrogen-bond donors (Lipinski definition) is 1. The van der Waals surface area contributed by atoms with Gasteiger partial charge in [-0.05, 0) is 53.8 Å². The summed E-state index contributed by atoms with van der Waals surface area (Å²) in [5.74, 6) is -1.27. The Bertz CT molecular complexity index is 797. The van der Waals surface area contributed by atoms with Gasteiger partial charge in [0.2, 0.25) is 0 Å². The lowest BCUT2D eigenvalue weighted by Gasteiger charge is -2.10. The maximum Gasteiger partial charge on any atom is 0.126 e. The molecule has 21 heavy (non-hydrogen) atoms. The van der Waals surface area contributed by atoms with E-state index in [1.807, 2.05) is 6.07 Å². The van der Waals surface area contributed by atoms with E-state index >= 15 is 0 Å². The average molecular weight is 307 g/mol. The molecule has 3 rings (SSSR count). The van der Waals surface area contributed by atoms with E-state index < -0.39 is 17.7 Å². The van der Waals surface area contributed by atoms with Crippen LogP contribution in [0, 0.1) is 17.5 Å². The van der Waals surface area contributed by atoms with Crippen LogP contribution in [-0.2, 0) is 6.42 Å². The van der Waals surface area contributed by atoms with Crippen LogP contribution in [0.3, 0.4) is 0 Å². The van der Waals surface area contributed by atoms with Crippen molar-refractivity contribution in [2.75, 3.05) is 0 Å². The second-order valence-electron chi connectivity index (χ2n) is 4.88. The number of hydrogen-bond acceptors (Lipinski definition) is 2. The van der Waals surface area contributed by atoms with Crippen molar-refractivity contribution < 1.29 is 13.2 Å². The fraction of sp³-hybridized carbons (Fsp3) is 0.125. The number of halogens is 3. The van der Waals surface area contributed by atoms with Gasteiger partial charge in [0.15, 0.2) is 0 Å². The third kappa shape index (κ3) is 2.94. The van der Waals surface area contributed by atoms with E-state index in [0.29, 0.717) is 0 Å². The fourth-order valence-electron chi connectivity index (χ4n) is 2.25. The zero-order chi connectivity index (χ0) is 15.0. The van der Waals surface area contributed by atoms with Crippen molar-refractivity contribution in [3.63, 3.8) is 0 Å². The number of nitrogens with two attached hydrogens (primary N) is 1. The highest BCUT2D eigenvalue weighted by molar-refractivity contribution is 7.19. The van der Waals surface area contributed by atoms with E-state index in [2.05, 4.69) is 0 Å². The van der Waals surface area contributed by atoms with Crippen molar-refractivity contribution in [2.45, 2.75) is 12.5 Å². The molecule has 0 saturated heterocycles. The van der Waals surface area contributed by atoms with Crippen LogP contribution in [0.15, 0.2) is 42.5 Å². The largest absolute Gasteiger partial charge is 0.323 e. The Labute approximate surface area is 123 Å². The van der Waals surface area contributed by atoms with Crippen LogP contribution in [0.1, 0.15) is 16.5 Å². The standard InChI is InChI=1S/C16H12F3NS/c17-11-3-4-13(19)10(5-11)6-14(20)16-7-9-1-2-12(18)8-15(9)21-16/h1-5,7-8,14H,6,20H2. The van der Waals surface area contributed by atoms with Crippen molar-refractivity contribution in [1.82, 2.24) is 0 Å². The molecule has 0 bridgehead atoms. The SMILES string of the molecule is NC(Cc1cc(F)ccc1F)c1cc2ccc(F)cc2s1. The molecule has 0 aliphatic rings. The minimum Gasteiger partial charge on any atom is -0.323 e. The summed E-state index contributed by atoms with van der Waals surface area (Å²) in [4.78, 5) is 0.819. The molecular formula is C16H12F3NS. The molecule has 0 saturated carbocycles. The molecule has 1 atom stereocenters. The highest BCUT2D eigenvalue weighted by Crippen LogP contribution is 2.31. The first-order valence-electron chi connectivity index (χ1n) is 6.41. The molecule has 0 amide bonds. The number of benzene rings is 2. The Balaban J connectivity index is 1.89. The van der Waals surface area contributed by atoms with Crippen LogP contribution in [0.25, 0.3) is 10.1 Å². The molecular weight excluding hydrogens is 295 g/mol. The van der Waals surface area contributed by atoms with E-state index in [-0.39, 0.29) is 17.8 Å². The smallest absolute Gasteiger partial charge is 0.126 e. The van der Waals surface area contributed by atoms with E-state index in [4.69, 9.17) is 5.73 Å². The van der Waals surface area contributed by atoms with Gasteiger partial charge in [-0.1, -0.05) is 6.07 Å². The van der Waals surface area contributed by atoms with E-state index in [1.54, 1.807) is 6.07 Å². The predicted molar refractivity (Wildman–Crippen MR) is 78.8 cm³/mol. The molecule has 108 valence electrons. The molecule has 0 fully saturated rings. The Morgan fingerprint density at radius 3 is 2.48 bits per heavy atom. The van der Waals surface area contributed by atoms with E-state index in [1.165, 1.54) is 23.5 Å². The summed E-state index contributed by atoms with van der Waals surface area (Å²) in [6.45, 7) is 0. The quantitative estimate of drug-likeness (QED) is 0.754. The number of thiophene rings is 1. The highest BCUT2D eigenvalue weighted by Gasteiger charge is 2.14. The Morgan fingerprint density at radius 2 is 1.67 bits per heavy atom. The Morgan fingerprint density at radius 1 is 0.952 bits per heavy atom. The van der Waals surface area contributed by atoms with Gasteiger partial charge in [-0.15, -0.1) is 11.3 Å². The molecule has 1 unspecified atom stereocenters. The molecule has 0 aliphatic carbocycles. The van der Waals surface area contributed by atoms with Crippen molar-refractivity contribution >= 4 is 21.4 Å². The van der Waals surface area contributed by atoms with Crippen LogP contribution < -0.4 is 5.73 Å². The first-order chi connectivity index (χ1) is 10.0. The molecule has 0 radical (unpaired) electrons. The monoisotopic (exact) mass is 307 g/mol. The van der Waals surface area contributed by atoms with Crippen molar-refractivity contribution in [2.24, 2.45) is 5.73 Å². The van der Waals surface area contributed by atoms with Crippen LogP contribution in [-0.4, -0.2) is 0 Å². The fourth-order valence-corrected chi connectivity index (χ4v) is 3.34. The highest BCUT2D eigenvalue weighted by atomic mass is 32.1. The summed E-state index contributed by atoms with van der Waals surface area (Å²) in [6.07, 6.45) is 0.193. The average Bonchev–Trinajstić information content (AvgIpc) is 2.86. The number of rotatable bonds is 3. The molecule has 2 aromatic carbocycles. The molecule has 3 aromatic rings. The van der Waals surface area contributed by atoms with Gasteiger partial charge < -0.3 is 5.73 Å². The maximum absolute atomic E-state index is 13.6. The predicted octanol–water partition coefficient (Wildman–Crippen LogP) is 4.56. The summed E-state index contributed by atoms with van der Waals surface area (Å²) in [7, 11) is 0. The first kappa shape index (κ1) is 14.1. The van der Waals surface area contributed by atoms with Gasteiger partial charge in [0, 0.05) is 15.6 Å². The van der Waals surface area contributed by atoms with Crippen LogP contribution in [0.2, 0.25) is 0 Å². The lowest BCUT2D eigenvalue weighted by molar-refractivity contribution is 0.574. The molecule has 1 aromatic heterocycles. The molecule has 2 N–H and O–H groups in total. The number of fused-ring (bicyclic) bond motifs is 1. The van der Waals surface area contributed by atoms with Crippen LogP contribution in [0.5, 0.6) is 0 Å². The molecule has 1 nitrogen and oxygen atoms in total. The summed E-state index contributed by atoms with van der Waals surface area (Å²) in [5, 5.41) is 0.895. The molecule has 5 heteroatoms. The van der Waals surface area contributed by atoms with Gasteiger partial charge in [-0.25, -0.2) is 13.2 Å². The zero-order valence-corrected chi connectivity index (χ0v) is 11.8. The van der Waals surface area contributed by atoms with Gasteiger partial charge in [0.25, 0.3) is 0 Å². The normalized spacial score (nSPS) is 12.8. The van der Waals surface area contributed by atoms with Crippen molar-refractivity contribution in [1.29, 1.82) is 0 Å². The maximum atomic E-state index is 13.6. The Hall–Kier alpha value is -1.85. The van der Waals surface area contributed by atoms with Gasteiger partial charge in [-0.3, -0.25) is 0 Å². The summed E-state index contributed by atoms with van der Waals surface area (Å²) in [5.41, 5.74) is 6.32. The third-order valence-corrected chi connectivity index (χ3v) is 4.54. The molecule has 0 aliphatic heterocycles. The van der Waals surface area contributed by atoms with E-state index in [9.17, 15) is 13.2 Å². The lowest BCUT2D eigenvalue weighted by Crippen LogP contribution is -2.12. The van der Waals surface area contributed by atoms with Crippen LogP contribution >= 0.6 is 11.3 Å². The topological polar surface area (TPSA) is 26.0 Å². The molecule has 1 heterocycles. The van der Waals surface area contributed by atoms with Gasteiger partial charge in [0.1, 0.15) is 17.5 Å². The van der Waals surface area contributed by atoms with E-state index in [0.717, 1.165) is 33.2 Å². The van der Waals surface area contributed by atoms with Gasteiger partial charge >= 0.3 is 0 Å². The van der Waals surface area contributed by atoms with Crippen molar-refractivity contribution in [3.8, 4) is 0 Å². The summed E-state index contributed by atoms with van der Waals surface area (Å²) >= 11 is 1.37. The third-order valence-electron chi connectivity index (χ3n) is 3.31. The van der Waals surface area contributed by atoms with Crippen LogP contribution in [0.4, 0.5) is 13.2 Å². The first-order valence-corrected chi connectivity index (χ1v) is 7.23. The molecule has 0 spiro atoms. The minimum absolute atomic E-state index is 0.193. The minimum atomic E-state index is -0.489. The van der Waals surface area contributed by atoms with Gasteiger partial charge in [-0.2, -0.15) is 0 Å². The second-order valence-corrected chi connectivity index (χ2v) is 5.99.